The number of hydrogen-bond acceptors (Lipinski definition) is 3. The van der Waals surface area contributed by atoms with Crippen LogP contribution in [-0.4, -0.2) is 19.8 Å². The molecule has 0 amide bonds. The summed E-state index contributed by atoms with van der Waals surface area (Å²) in [7, 11) is 1.66. The monoisotopic (exact) mass is 315 g/mol. The molecular formula is C14H22BrNO2. The van der Waals surface area contributed by atoms with Crippen LogP contribution in [-0.2, 0) is 0 Å². The Hall–Kier alpha value is -0.740. The molecule has 0 bridgehead atoms. The maximum Gasteiger partial charge on any atom is 0.162 e. The summed E-state index contributed by atoms with van der Waals surface area (Å²) < 4.78 is 12.2. The molecule has 0 aromatic heterocycles. The van der Waals surface area contributed by atoms with Crippen molar-refractivity contribution in [2.24, 2.45) is 5.73 Å². The molecule has 1 rings (SSSR count). The second-order valence-electron chi connectivity index (χ2n) is 4.67. The van der Waals surface area contributed by atoms with E-state index in [-0.39, 0.29) is 6.10 Å². The molecule has 0 heterocycles. The van der Waals surface area contributed by atoms with Crippen molar-refractivity contribution in [2.45, 2.75) is 39.2 Å². The van der Waals surface area contributed by atoms with Gasteiger partial charge in [0.25, 0.3) is 0 Å². The van der Waals surface area contributed by atoms with Crippen LogP contribution in [0.1, 0.15) is 38.7 Å². The van der Waals surface area contributed by atoms with Gasteiger partial charge in [-0.25, -0.2) is 0 Å². The third-order valence-corrected chi connectivity index (χ3v) is 3.46. The number of hydrogen-bond donors (Lipinski definition) is 1. The van der Waals surface area contributed by atoms with Crippen molar-refractivity contribution in [1.29, 1.82) is 0 Å². The van der Waals surface area contributed by atoms with E-state index in [1.807, 2.05) is 26.0 Å². The molecule has 4 heteroatoms. The van der Waals surface area contributed by atoms with Crippen LogP contribution < -0.4 is 15.2 Å². The Morgan fingerprint density at radius 2 is 1.89 bits per heavy atom. The van der Waals surface area contributed by atoms with E-state index in [2.05, 4.69) is 22.9 Å². The summed E-state index contributed by atoms with van der Waals surface area (Å²) >= 11 is 3.59. The van der Waals surface area contributed by atoms with Gasteiger partial charge >= 0.3 is 0 Å². The van der Waals surface area contributed by atoms with Crippen LogP contribution in [0.3, 0.4) is 0 Å². The maximum atomic E-state index is 5.73. The van der Waals surface area contributed by atoms with Gasteiger partial charge in [-0.15, -0.1) is 0 Å². The first-order valence-electron chi connectivity index (χ1n) is 6.23. The number of nitrogens with two attached hydrogens (primary N) is 1. The first kappa shape index (κ1) is 15.3. The molecule has 0 fully saturated rings. The van der Waals surface area contributed by atoms with Crippen molar-refractivity contribution < 1.29 is 9.47 Å². The van der Waals surface area contributed by atoms with E-state index in [1.165, 1.54) is 5.56 Å². The third kappa shape index (κ3) is 3.89. The first-order chi connectivity index (χ1) is 8.49. The molecule has 1 aromatic rings. The molecule has 0 saturated heterocycles. The van der Waals surface area contributed by atoms with Crippen LogP contribution in [0.2, 0.25) is 0 Å². The van der Waals surface area contributed by atoms with Crippen LogP contribution >= 0.6 is 15.9 Å². The fourth-order valence-electron chi connectivity index (χ4n) is 1.84. The number of rotatable bonds is 6. The Balaban J connectivity index is 3.09. The molecule has 1 aromatic carbocycles. The third-order valence-electron chi connectivity index (χ3n) is 2.78. The van der Waals surface area contributed by atoms with E-state index in [9.17, 15) is 0 Å². The largest absolute Gasteiger partial charge is 0.493 e. The topological polar surface area (TPSA) is 44.5 Å². The van der Waals surface area contributed by atoms with Gasteiger partial charge < -0.3 is 15.2 Å². The number of benzene rings is 1. The highest BCUT2D eigenvalue weighted by molar-refractivity contribution is 9.10. The molecule has 0 saturated carbocycles. The van der Waals surface area contributed by atoms with Crippen LogP contribution in [0.5, 0.6) is 11.5 Å². The molecule has 1 unspecified atom stereocenters. The summed E-state index contributed by atoms with van der Waals surface area (Å²) in [5, 5.41) is 0. The fourth-order valence-corrected chi connectivity index (χ4v) is 2.55. The Morgan fingerprint density at radius 1 is 1.22 bits per heavy atom. The summed E-state index contributed by atoms with van der Waals surface area (Å²) in [6, 6.07) is 4.00. The van der Waals surface area contributed by atoms with E-state index in [4.69, 9.17) is 15.2 Å². The van der Waals surface area contributed by atoms with Gasteiger partial charge in [0.05, 0.1) is 13.2 Å². The van der Waals surface area contributed by atoms with Crippen LogP contribution in [0, 0.1) is 0 Å². The zero-order valence-electron chi connectivity index (χ0n) is 11.5. The number of halogens is 1. The smallest absolute Gasteiger partial charge is 0.162 e. The van der Waals surface area contributed by atoms with E-state index in [1.54, 1.807) is 7.11 Å². The zero-order valence-corrected chi connectivity index (χ0v) is 13.1. The maximum absolute atomic E-state index is 5.73. The molecule has 102 valence electrons. The Morgan fingerprint density at radius 3 is 2.39 bits per heavy atom. The summed E-state index contributed by atoms with van der Waals surface area (Å²) in [4.78, 5) is 0. The normalized spacial score (nSPS) is 12.6. The van der Waals surface area contributed by atoms with Crippen molar-refractivity contribution in [1.82, 2.24) is 0 Å². The minimum Gasteiger partial charge on any atom is -0.493 e. The quantitative estimate of drug-likeness (QED) is 0.870. The average Bonchev–Trinajstić information content (AvgIpc) is 2.28. The Bertz CT molecular complexity index is 394. The van der Waals surface area contributed by atoms with Crippen molar-refractivity contribution in [3.63, 3.8) is 0 Å². The minimum atomic E-state index is 0.123. The van der Waals surface area contributed by atoms with E-state index in [0.29, 0.717) is 12.5 Å². The number of ether oxygens (including phenoxy) is 2. The van der Waals surface area contributed by atoms with Gasteiger partial charge in [0, 0.05) is 4.47 Å². The zero-order chi connectivity index (χ0) is 13.7. The molecule has 0 radical (unpaired) electrons. The molecule has 18 heavy (non-hydrogen) atoms. The molecule has 3 nitrogen and oxygen atoms in total. The van der Waals surface area contributed by atoms with Gasteiger partial charge in [-0.3, -0.25) is 0 Å². The van der Waals surface area contributed by atoms with E-state index >= 15 is 0 Å². The van der Waals surface area contributed by atoms with Gasteiger partial charge in [-0.2, -0.15) is 0 Å². The summed E-state index contributed by atoms with van der Waals surface area (Å²) in [5.41, 5.74) is 6.81. The summed E-state index contributed by atoms with van der Waals surface area (Å²) in [6.45, 7) is 6.84. The Labute approximate surface area is 118 Å². The van der Waals surface area contributed by atoms with Gasteiger partial charge in [0.15, 0.2) is 11.5 Å². The molecule has 0 aliphatic heterocycles. The lowest BCUT2D eigenvalue weighted by molar-refractivity contribution is 0.230. The van der Waals surface area contributed by atoms with Crippen molar-refractivity contribution >= 4 is 15.9 Å². The highest BCUT2D eigenvalue weighted by Crippen LogP contribution is 2.37. The fraction of sp³-hybridized carbons (Fsp3) is 0.571. The Kier molecular flexibility index (Phi) is 5.96. The predicted molar refractivity (Wildman–Crippen MR) is 78.5 cm³/mol. The second kappa shape index (κ2) is 7.00. The second-order valence-corrected chi connectivity index (χ2v) is 5.52. The highest BCUT2D eigenvalue weighted by atomic mass is 79.9. The standard InChI is InChI=1S/C14H22BrNO2/c1-9(2)18-14-8-12(15)11(7-13(14)17-4)10(3)5-6-16/h7-10H,5-6,16H2,1-4H3. The SMILES string of the molecule is COc1cc(C(C)CCN)c(Br)cc1OC(C)C. The van der Waals surface area contributed by atoms with Crippen LogP contribution in [0.25, 0.3) is 0 Å². The van der Waals surface area contributed by atoms with E-state index in [0.717, 1.165) is 22.4 Å². The lowest BCUT2D eigenvalue weighted by Gasteiger charge is -2.18. The van der Waals surface area contributed by atoms with Crippen molar-refractivity contribution in [2.75, 3.05) is 13.7 Å². The molecular weight excluding hydrogens is 294 g/mol. The van der Waals surface area contributed by atoms with Gasteiger partial charge in [-0.1, -0.05) is 22.9 Å². The lowest BCUT2D eigenvalue weighted by Crippen LogP contribution is -2.08. The van der Waals surface area contributed by atoms with Gasteiger partial charge in [0.1, 0.15) is 0 Å². The minimum absolute atomic E-state index is 0.123. The average molecular weight is 316 g/mol. The van der Waals surface area contributed by atoms with Crippen LogP contribution in [0.4, 0.5) is 0 Å². The highest BCUT2D eigenvalue weighted by Gasteiger charge is 2.15. The van der Waals surface area contributed by atoms with Crippen molar-refractivity contribution in [3.05, 3.63) is 22.2 Å². The van der Waals surface area contributed by atoms with Gasteiger partial charge in [0.2, 0.25) is 0 Å². The lowest BCUT2D eigenvalue weighted by atomic mass is 9.97. The van der Waals surface area contributed by atoms with E-state index < -0.39 is 0 Å². The first-order valence-corrected chi connectivity index (χ1v) is 7.03. The number of methoxy groups -OCH3 is 1. The summed E-state index contributed by atoms with van der Waals surface area (Å²) in [6.07, 6.45) is 1.07. The van der Waals surface area contributed by atoms with Gasteiger partial charge in [-0.05, 0) is 50.4 Å². The predicted octanol–water partition coefficient (Wildman–Crippen LogP) is 3.70. The van der Waals surface area contributed by atoms with Crippen molar-refractivity contribution in [3.8, 4) is 11.5 Å². The molecule has 2 N–H and O–H groups in total. The molecule has 1 atom stereocenters. The summed E-state index contributed by atoms with van der Waals surface area (Å²) in [5.74, 6) is 1.93. The molecule has 0 spiro atoms. The van der Waals surface area contributed by atoms with Crippen LogP contribution in [0.15, 0.2) is 16.6 Å². The molecule has 0 aliphatic carbocycles. The molecule has 0 aliphatic rings.